The summed E-state index contributed by atoms with van der Waals surface area (Å²) < 4.78 is 47.1. The highest BCUT2D eigenvalue weighted by atomic mass is 35.5. The molecule has 2 atom stereocenters. The molecule has 0 spiro atoms. The molecule has 2 rings (SSSR count). The first-order valence-corrected chi connectivity index (χ1v) is 9.46. The number of benzene rings is 1. The topological polar surface area (TPSA) is 38.3 Å². The molecule has 1 aliphatic carbocycles. The molecule has 1 aromatic rings. The van der Waals surface area contributed by atoms with Crippen LogP contribution >= 0.6 is 23.2 Å². The minimum absolute atomic E-state index is 0.0454. The molecule has 0 unspecified atom stereocenters. The van der Waals surface area contributed by atoms with Crippen LogP contribution in [0.15, 0.2) is 16.6 Å². The Balaban J connectivity index is 2.15. The lowest BCUT2D eigenvalue weighted by atomic mass is 10.1. The molecule has 1 aliphatic rings. The van der Waals surface area contributed by atoms with Gasteiger partial charge in [-0.15, -0.1) is 0 Å². The molecule has 0 heterocycles. The second-order valence-corrected chi connectivity index (χ2v) is 8.18. The van der Waals surface area contributed by atoms with E-state index in [1.807, 2.05) is 20.8 Å². The Labute approximate surface area is 166 Å². The molecule has 1 N–H and O–H groups in total. The zero-order valence-corrected chi connectivity index (χ0v) is 16.9. The SMILES string of the molecule is CCCCNc1c(F)cc(F)c(F)c1COC(=O)[C@H]1[C@H](C=C(Cl)Cl)C1(C)C. The lowest BCUT2D eigenvalue weighted by Crippen LogP contribution is -2.15. The smallest absolute Gasteiger partial charge is 0.310 e. The van der Waals surface area contributed by atoms with Crippen LogP contribution in [-0.2, 0) is 16.1 Å². The number of halogens is 5. The number of hydrogen-bond donors (Lipinski definition) is 1. The van der Waals surface area contributed by atoms with Crippen LogP contribution in [0.2, 0.25) is 0 Å². The van der Waals surface area contributed by atoms with Crippen molar-refractivity contribution in [3.63, 3.8) is 0 Å². The number of esters is 1. The van der Waals surface area contributed by atoms with Crippen LogP contribution in [0.3, 0.4) is 0 Å². The van der Waals surface area contributed by atoms with Crippen LogP contribution in [0.1, 0.15) is 39.2 Å². The molecule has 0 amide bonds. The van der Waals surface area contributed by atoms with Gasteiger partial charge in [-0.1, -0.05) is 50.4 Å². The first-order valence-electron chi connectivity index (χ1n) is 8.70. The largest absolute Gasteiger partial charge is 0.460 e. The van der Waals surface area contributed by atoms with Crippen molar-refractivity contribution in [1.82, 2.24) is 0 Å². The second-order valence-electron chi connectivity index (χ2n) is 7.18. The summed E-state index contributed by atoms with van der Waals surface area (Å²) in [5, 5.41) is 2.75. The molecule has 1 fully saturated rings. The number of allylic oxidation sites excluding steroid dienone is 1. The van der Waals surface area contributed by atoms with Gasteiger partial charge in [0.15, 0.2) is 11.6 Å². The van der Waals surface area contributed by atoms with Crippen molar-refractivity contribution >= 4 is 34.9 Å². The number of unbranched alkanes of at least 4 members (excludes halogenated alkanes) is 1. The minimum Gasteiger partial charge on any atom is -0.460 e. The van der Waals surface area contributed by atoms with Gasteiger partial charge in [-0.3, -0.25) is 4.79 Å². The molecule has 1 saturated carbocycles. The van der Waals surface area contributed by atoms with Crippen LogP contribution in [0.5, 0.6) is 0 Å². The first-order chi connectivity index (χ1) is 12.6. The lowest BCUT2D eigenvalue weighted by Gasteiger charge is -2.15. The van der Waals surface area contributed by atoms with Crippen molar-refractivity contribution in [3.05, 3.63) is 39.6 Å². The van der Waals surface area contributed by atoms with E-state index in [1.54, 1.807) is 6.08 Å². The average molecular weight is 424 g/mol. The summed E-state index contributed by atoms with van der Waals surface area (Å²) in [4.78, 5) is 12.4. The number of nitrogens with one attached hydrogen (secondary N) is 1. The first kappa shape index (κ1) is 21.9. The molecule has 3 nitrogen and oxygen atoms in total. The lowest BCUT2D eigenvalue weighted by molar-refractivity contribution is -0.147. The number of ether oxygens (including phenoxy) is 1. The molecular weight excluding hydrogens is 402 g/mol. The van der Waals surface area contributed by atoms with E-state index in [-0.39, 0.29) is 21.7 Å². The molecule has 0 aliphatic heterocycles. The normalized spacial score (nSPS) is 20.1. The molecule has 0 aromatic heterocycles. The predicted octanol–water partition coefficient (Wildman–Crippen LogP) is 5.95. The highest BCUT2D eigenvalue weighted by Gasteiger charge is 2.61. The van der Waals surface area contributed by atoms with E-state index in [2.05, 4.69) is 5.32 Å². The summed E-state index contributed by atoms with van der Waals surface area (Å²) in [7, 11) is 0. The van der Waals surface area contributed by atoms with Crippen molar-refractivity contribution in [3.8, 4) is 0 Å². The monoisotopic (exact) mass is 423 g/mol. The van der Waals surface area contributed by atoms with E-state index in [9.17, 15) is 18.0 Å². The van der Waals surface area contributed by atoms with Crippen molar-refractivity contribution < 1.29 is 22.7 Å². The Hall–Kier alpha value is -1.40. The van der Waals surface area contributed by atoms with Gasteiger partial charge >= 0.3 is 5.97 Å². The van der Waals surface area contributed by atoms with Gasteiger partial charge in [-0.25, -0.2) is 13.2 Å². The maximum Gasteiger partial charge on any atom is 0.310 e. The van der Waals surface area contributed by atoms with Gasteiger partial charge in [0.05, 0.1) is 17.2 Å². The molecule has 0 radical (unpaired) electrons. The molecule has 0 bridgehead atoms. The molecule has 150 valence electrons. The highest BCUT2D eigenvalue weighted by molar-refractivity contribution is 6.55. The maximum absolute atomic E-state index is 14.2. The second kappa shape index (κ2) is 8.74. The van der Waals surface area contributed by atoms with Crippen LogP contribution in [0, 0.1) is 34.7 Å². The summed E-state index contributed by atoms with van der Waals surface area (Å²) in [6, 6.07) is 0.474. The van der Waals surface area contributed by atoms with E-state index < -0.39 is 41.4 Å². The number of carbonyl (C=O) groups is 1. The highest BCUT2D eigenvalue weighted by Crippen LogP contribution is 2.60. The number of rotatable bonds is 8. The zero-order chi connectivity index (χ0) is 20.4. The van der Waals surface area contributed by atoms with E-state index in [0.29, 0.717) is 12.6 Å². The maximum atomic E-state index is 14.2. The quantitative estimate of drug-likeness (QED) is 0.318. The Morgan fingerprint density at radius 3 is 2.56 bits per heavy atom. The van der Waals surface area contributed by atoms with Crippen LogP contribution in [-0.4, -0.2) is 12.5 Å². The van der Waals surface area contributed by atoms with Gasteiger partial charge in [0.25, 0.3) is 0 Å². The van der Waals surface area contributed by atoms with E-state index >= 15 is 0 Å². The summed E-state index contributed by atoms with van der Waals surface area (Å²) in [5.74, 6) is -4.83. The molecule has 27 heavy (non-hydrogen) atoms. The van der Waals surface area contributed by atoms with Crippen molar-refractivity contribution in [1.29, 1.82) is 0 Å². The number of hydrogen-bond acceptors (Lipinski definition) is 3. The number of carbonyl (C=O) groups excluding carboxylic acids is 1. The van der Waals surface area contributed by atoms with Crippen molar-refractivity contribution in [2.75, 3.05) is 11.9 Å². The predicted molar refractivity (Wildman–Crippen MR) is 100 cm³/mol. The van der Waals surface area contributed by atoms with Gasteiger partial charge in [0, 0.05) is 12.6 Å². The van der Waals surface area contributed by atoms with Gasteiger partial charge in [0.2, 0.25) is 0 Å². The van der Waals surface area contributed by atoms with Gasteiger partial charge in [0.1, 0.15) is 16.9 Å². The van der Waals surface area contributed by atoms with E-state index in [4.69, 9.17) is 27.9 Å². The Morgan fingerprint density at radius 2 is 1.96 bits per heavy atom. The summed E-state index contributed by atoms with van der Waals surface area (Å²) in [6.45, 7) is 5.44. The Morgan fingerprint density at radius 1 is 1.30 bits per heavy atom. The van der Waals surface area contributed by atoms with Crippen molar-refractivity contribution in [2.45, 2.75) is 40.2 Å². The van der Waals surface area contributed by atoms with Crippen LogP contribution < -0.4 is 5.32 Å². The van der Waals surface area contributed by atoms with Gasteiger partial charge in [-0.2, -0.15) is 0 Å². The molecular formula is C19H22Cl2F3NO2. The van der Waals surface area contributed by atoms with Gasteiger partial charge < -0.3 is 10.1 Å². The van der Waals surface area contributed by atoms with E-state index in [0.717, 1.165) is 12.8 Å². The molecule has 1 aromatic carbocycles. The third-order valence-corrected chi connectivity index (χ3v) is 5.18. The fraction of sp³-hybridized carbons (Fsp3) is 0.526. The molecule has 0 saturated heterocycles. The fourth-order valence-electron chi connectivity index (χ4n) is 3.17. The Kier molecular flexibility index (Phi) is 7.09. The standard InChI is InChI=1S/C19H22Cl2F3NO2/c1-4-5-6-25-17-10(16(24)12(22)8-13(17)23)9-27-18(26)15-11(7-14(20)21)19(15,2)3/h7-8,11,15,25H,4-6,9H2,1-3H3/t11-,15+/m0/s1. The molecule has 8 heteroatoms. The summed E-state index contributed by atoms with van der Waals surface area (Å²) in [6.07, 6.45) is 3.12. The fourth-order valence-corrected chi connectivity index (χ4v) is 3.44. The summed E-state index contributed by atoms with van der Waals surface area (Å²) in [5.41, 5.74) is -0.955. The van der Waals surface area contributed by atoms with Gasteiger partial charge in [-0.05, 0) is 23.8 Å². The van der Waals surface area contributed by atoms with E-state index in [1.165, 1.54) is 0 Å². The number of anilines is 1. The zero-order valence-electron chi connectivity index (χ0n) is 15.3. The van der Waals surface area contributed by atoms with Crippen LogP contribution in [0.25, 0.3) is 0 Å². The van der Waals surface area contributed by atoms with Crippen LogP contribution in [0.4, 0.5) is 18.9 Å². The minimum atomic E-state index is -1.33. The third kappa shape index (κ3) is 4.91. The third-order valence-electron chi connectivity index (χ3n) is 4.93. The average Bonchev–Trinajstić information content (AvgIpc) is 3.11. The van der Waals surface area contributed by atoms with Crippen molar-refractivity contribution in [2.24, 2.45) is 17.3 Å². The Bertz CT molecular complexity index is 749. The summed E-state index contributed by atoms with van der Waals surface area (Å²) >= 11 is 11.3.